The Labute approximate surface area is 134 Å². The van der Waals surface area contributed by atoms with Crippen LogP contribution in [-0.4, -0.2) is 24.5 Å². The van der Waals surface area contributed by atoms with Crippen LogP contribution < -0.4 is 4.74 Å². The van der Waals surface area contributed by atoms with Crippen LogP contribution in [0.5, 0.6) is 5.75 Å². The molecule has 22 heavy (non-hydrogen) atoms. The third kappa shape index (κ3) is 4.31. The summed E-state index contributed by atoms with van der Waals surface area (Å²) in [5.41, 5.74) is 0.804. The van der Waals surface area contributed by atoms with Crippen molar-refractivity contribution in [2.75, 3.05) is 13.7 Å². The van der Waals surface area contributed by atoms with Gasteiger partial charge < -0.3 is 9.64 Å². The van der Waals surface area contributed by atoms with Crippen molar-refractivity contribution in [1.82, 2.24) is 4.90 Å². The molecule has 1 amide bonds. The van der Waals surface area contributed by atoms with Crippen LogP contribution in [0, 0.1) is 5.82 Å². The number of hydrogen-bond donors (Lipinski definition) is 0. The van der Waals surface area contributed by atoms with Gasteiger partial charge in [-0.3, -0.25) is 4.79 Å². The minimum Gasteiger partial charge on any atom is -0.494 e. The molecule has 0 atom stereocenters. The second kappa shape index (κ2) is 7.94. The van der Waals surface area contributed by atoms with Gasteiger partial charge in [-0.05, 0) is 42.5 Å². The fourth-order valence-electron chi connectivity index (χ4n) is 2.24. The van der Waals surface area contributed by atoms with Gasteiger partial charge in [0, 0.05) is 17.8 Å². The molecule has 1 aromatic heterocycles. The Bertz CT molecular complexity index is 613. The second-order valence-corrected chi connectivity index (χ2v) is 5.99. The molecule has 118 valence electrons. The van der Waals surface area contributed by atoms with Crippen LogP contribution in [0.25, 0.3) is 0 Å². The predicted octanol–water partition coefficient (Wildman–Crippen LogP) is 3.88. The van der Waals surface area contributed by atoms with E-state index in [2.05, 4.69) is 0 Å². The molecule has 1 aromatic carbocycles. The molecule has 0 aliphatic heterocycles. The lowest BCUT2D eigenvalue weighted by Crippen LogP contribution is -2.30. The number of thiophene rings is 1. The van der Waals surface area contributed by atoms with Crippen molar-refractivity contribution in [2.45, 2.75) is 26.3 Å². The number of carbonyl (C=O) groups is 1. The maximum atomic E-state index is 13.6. The molecule has 0 unspecified atom stereocenters. The van der Waals surface area contributed by atoms with E-state index in [0.29, 0.717) is 25.9 Å². The first-order valence-corrected chi connectivity index (χ1v) is 8.14. The van der Waals surface area contributed by atoms with Crippen LogP contribution in [-0.2, 0) is 17.8 Å². The summed E-state index contributed by atoms with van der Waals surface area (Å²) in [6.07, 6.45) is 0.908. The quantitative estimate of drug-likeness (QED) is 0.774. The van der Waals surface area contributed by atoms with E-state index in [1.54, 1.807) is 23.5 Å². The summed E-state index contributed by atoms with van der Waals surface area (Å²) in [7, 11) is 1.44. The highest BCUT2D eigenvalue weighted by atomic mass is 32.1. The number of amides is 1. The first-order chi connectivity index (χ1) is 10.6. The topological polar surface area (TPSA) is 29.5 Å². The number of aryl methyl sites for hydroxylation is 1. The number of nitrogens with zero attached hydrogens (tertiary/aromatic N) is 1. The molecule has 0 radical (unpaired) electrons. The predicted molar refractivity (Wildman–Crippen MR) is 86.7 cm³/mol. The molecule has 0 fully saturated rings. The maximum absolute atomic E-state index is 13.6. The highest BCUT2D eigenvalue weighted by Gasteiger charge is 2.13. The third-order valence-electron chi connectivity index (χ3n) is 3.50. The molecule has 0 aliphatic carbocycles. The van der Waals surface area contributed by atoms with E-state index in [1.807, 2.05) is 29.3 Å². The molecule has 1 heterocycles. The number of methoxy groups -OCH3 is 1. The summed E-state index contributed by atoms with van der Waals surface area (Å²) in [5, 5.41) is 2.01. The van der Waals surface area contributed by atoms with Crippen molar-refractivity contribution >= 4 is 17.2 Å². The lowest BCUT2D eigenvalue weighted by Gasteiger charge is -2.20. The second-order valence-electron chi connectivity index (χ2n) is 4.96. The van der Waals surface area contributed by atoms with E-state index >= 15 is 0 Å². The van der Waals surface area contributed by atoms with Crippen LogP contribution >= 0.6 is 11.3 Å². The minimum atomic E-state index is -0.390. The van der Waals surface area contributed by atoms with Crippen LogP contribution in [0.3, 0.4) is 0 Å². The van der Waals surface area contributed by atoms with Gasteiger partial charge in [0.2, 0.25) is 5.91 Å². The third-order valence-corrected chi connectivity index (χ3v) is 4.37. The Kier molecular flexibility index (Phi) is 5.95. The normalized spacial score (nSPS) is 10.5. The average molecular weight is 321 g/mol. The van der Waals surface area contributed by atoms with Crippen molar-refractivity contribution < 1.29 is 13.9 Å². The Balaban J connectivity index is 1.91. The van der Waals surface area contributed by atoms with Crippen molar-refractivity contribution in [3.8, 4) is 5.75 Å². The SMILES string of the molecule is CCN(Cc1cccs1)C(=O)CCc1ccc(OC)c(F)c1. The number of hydrogen-bond acceptors (Lipinski definition) is 3. The van der Waals surface area contributed by atoms with Crippen LogP contribution in [0.2, 0.25) is 0 Å². The van der Waals surface area contributed by atoms with E-state index in [1.165, 1.54) is 18.1 Å². The van der Waals surface area contributed by atoms with E-state index in [0.717, 1.165) is 5.56 Å². The Morgan fingerprint density at radius 3 is 2.77 bits per heavy atom. The largest absolute Gasteiger partial charge is 0.494 e. The van der Waals surface area contributed by atoms with Crippen LogP contribution in [0.4, 0.5) is 4.39 Å². The molecular weight excluding hydrogens is 301 g/mol. The summed E-state index contributed by atoms with van der Waals surface area (Å²) < 4.78 is 18.5. The molecule has 0 saturated carbocycles. The van der Waals surface area contributed by atoms with Gasteiger partial charge in [0.1, 0.15) is 0 Å². The van der Waals surface area contributed by atoms with Crippen molar-refractivity contribution in [1.29, 1.82) is 0 Å². The highest BCUT2D eigenvalue weighted by molar-refractivity contribution is 7.09. The number of carbonyl (C=O) groups excluding carboxylic acids is 1. The summed E-state index contributed by atoms with van der Waals surface area (Å²) in [6.45, 7) is 3.29. The zero-order chi connectivity index (χ0) is 15.9. The summed E-state index contributed by atoms with van der Waals surface area (Å²) in [4.78, 5) is 15.3. The van der Waals surface area contributed by atoms with Gasteiger partial charge in [0.05, 0.1) is 13.7 Å². The number of ether oxygens (including phenoxy) is 1. The molecule has 0 bridgehead atoms. The van der Waals surface area contributed by atoms with Crippen molar-refractivity contribution in [2.24, 2.45) is 0 Å². The zero-order valence-electron chi connectivity index (χ0n) is 12.8. The van der Waals surface area contributed by atoms with Crippen LogP contribution in [0.1, 0.15) is 23.8 Å². The molecule has 0 saturated heterocycles. The molecule has 5 heteroatoms. The minimum absolute atomic E-state index is 0.0899. The monoisotopic (exact) mass is 321 g/mol. The summed E-state index contributed by atoms with van der Waals surface area (Å²) in [5.74, 6) is -0.0755. The Morgan fingerprint density at radius 2 is 2.18 bits per heavy atom. The average Bonchev–Trinajstić information content (AvgIpc) is 3.03. The molecule has 3 nitrogen and oxygen atoms in total. The molecule has 2 aromatic rings. The Morgan fingerprint density at radius 1 is 1.36 bits per heavy atom. The summed E-state index contributed by atoms with van der Waals surface area (Å²) in [6, 6.07) is 8.84. The van der Waals surface area contributed by atoms with Gasteiger partial charge in [-0.1, -0.05) is 12.1 Å². The summed E-state index contributed by atoms with van der Waals surface area (Å²) >= 11 is 1.65. The molecule has 2 rings (SSSR count). The highest BCUT2D eigenvalue weighted by Crippen LogP contribution is 2.19. The standard InChI is InChI=1S/C17H20FNO2S/c1-3-19(12-14-5-4-10-22-14)17(20)9-7-13-6-8-16(21-2)15(18)11-13/h4-6,8,10-11H,3,7,9,12H2,1-2H3. The van der Waals surface area contributed by atoms with E-state index in [4.69, 9.17) is 4.74 Å². The van der Waals surface area contributed by atoms with E-state index in [-0.39, 0.29) is 11.7 Å². The lowest BCUT2D eigenvalue weighted by molar-refractivity contribution is -0.131. The van der Waals surface area contributed by atoms with Crippen molar-refractivity contribution in [3.63, 3.8) is 0 Å². The van der Waals surface area contributed by atoms with Crippen molar-refractivity contribution in [3.05, 3.63) is 52.0 Å². The first kappa shape index (κ1) is 16.5. The maximum Gasteiger partial charge on any atom is 0.223 e. The molecular formula is C17H20FNO2S. The number of rotatable bonds is 7. The van der Waals surface area contributed by atoms with Crippen LogP contribution in [0.15, 0.2) is 35.7 Å². The fourth-order valence-corrected chi connectivity index (χ4v) is 2.96. The lowest BCUT2D eigenvalue weighted by atomic mass is 10.1. The molecule has 0 spiro atoms. The van der Waals surface area contributed by atoms with Gasteiger partial charge in [-0.15, -0.1) is 11.3 Å². The van der Waals surface area contributed by atoms with E-state index < -0.39 is 5.82 Å². The Hall–Kier alpha value is -1.88. The van der Waals surface area contributed by atoms with Gasteiger partial charge >= 0.3 is 0 Å². The van der Waals surface area contributed by atoms with E-state index in [9.17, 15) is 9.18 Å². The number of halogens is 1. The number of benzene rings is 1. The molecule has 0 aliphatic rings. The molecule has 0 N–H and O–H groups in total. The van der Waals surface area contributed by atoms with Gasteiger partial charge in [0.25, 0.3) is 0 Å². The van der Waals surface area contributed by atoms with Gasteiger partial charge in [0.15, 0.2) is 11.6 Å². The van der Waals surface area contributed by atoms with Gasteiger partial charge in [-0.2, -0.15) is 0 Å². The first-order valence-electron chi connectivity index (χ1n) is 7.26. The van der Waals surface area contributed by atoms with Gasteiger partial charge in [-0.25, -0.2) is 4.39 Å². The fraction of sp³-hybridized carbons (Fsp3) is 0.353. The smallest absolute Gasteiger partial charge is 0.223 e. The zero-order valence-corrected chi connectivity index (χ0v) is 13.7.